The van der Waals surface area contributed by atoms with E-state index in [1.807, 2.05) is 6.26 Å². The number of nitrogens with zero attached hydrogens (tertiary/aromatic N) is 1. The van der Waals surface area contributed by atoms with Gasteiger partial charge in [-0.2, -0.15) is 0 Å². The van der Waals surface area contributed by atoms with Crippen LogP contribution < -0.4 is 0 Å². The van der Waals surface area contributed by atoms with E-state index in [4.69, 9.17) is 0 Å². The molecule has 0 bridgehead atoms. The summed E-state index contributed by atoms with van der Waals surface area (Å²) in [6, 6.07) is 8.04. The summed E-state index contributed by atoms with van der Waals surface area (Å²) in [6.07, 6.45) is 1.81. The molecule has 4 aromatic rings. The summed E-state index contributed by atoms with van der Waals surface area (Å²) in [5.41, 5.74) is -2.29. The van der Waals surface area contributed by atoms with E-state index in [9.17, 15) is 27.5 Å². The molecule has 3 aromatic carbocycles. The van der Waals surface area contributed by atoms with Crippen LogP contribution >= 0.6 is 11.8 Å². The van der Waals surface area contributed by atoms with Crippen molar-refractivity contribution in [1.82, 2.24) is 9.97 Å². The fourth-order valence-corrected chi connectivity index (χ4v) is 3.85. The maximum atomic E-state index is 15.0. The number of fused-ring (bicyclic) bond motifs is 1. The van der Waals surface area contributed by atoms with Crippen molar-refractivity contribution in [2.45, 2.75) is 11.8 Å². The number of hydrogen-bond donors (Lipinski definition) is 2. The van der Waals surface area contributed by atoms with Crippen LogP contribution in [0.25, 0.3) is 33.3 Å². The van der Waals surface area contributed by atoms with Gasteiger partial charge in [-0.15, -0.1) is 11.8 Å². The zero-order chi connectivity index (χ0) is 22.4. The summed E-state index contributed by atoms with van der Waals surface area (Å²) in [6.45, 7) is 1.57. The van der Waals surface area contributed by atoms with Crippen molar-refractivity contribution in [1.29, 1.82) is 0 Å². The van der Waals surface area contributed by atoms with E-state index in [0.717, 1.165) is 11.0 Å². The number of aromatic amines is 1. The zero-order valence-corrected chi connectivity index (χ0v) is 17.0. The molecular weight excluding hydrogens is 432 g/mol. The maximum absolute atomic E-state index is 15.0. The number of thioether (sulfide) groups is 1. The first-order valence-electron chi connectivity index (χ1n) is 8.97. The number of imidazole rings is 1. The van der Waals surface area contributed by atoms with Crippen molar-refractivity contribution in [2.75, 3.05) is 6.26 Å². The average Bonchev–Trinajstić information content (AvgIpc) is 3.12. The number of carboxylic acids is 1. The monoisotopic (exact) mass is 446 g/mol. The van der Waals surface area contributed by atoms with Crippen molar-refractivity contribution < 1.29 is 27.5 Å². The number of benzene rings is 3. The lowest BCUT2D eigenvalue weighted by Crippen LogP contribution is -2.05. The van der Waals surface area contributed by atoms with Gasteiger partial charge in [0, 0.05) is 4.90 Å². The number of nitrogens with one attached hydrogen (secondary N) is 1. The lowest BCUT2D eigenvalue weighted by atomic mass is 9.96. The van der Waals surface area contributed by atoms with Gasteiger partial charge in [-0.3, -0.25) is 0 Å². The first-order chi connectivity index (χ1) is 14.7. The third-order valence-electron chi connectivity index (χ3n) is 4.87. The molecule has 158 valence electrons. The number of H-pyrrole nitrogens is 1. The van der Waals surface area contributed by atoms with Crippen LogP contribution in [0.5, 0.6) is 0 Å². The van der Waals surface area contributed by atoms with Crippen LogP contribution in [0.4, 0.5) is 17.6 Å². The van der Waals surface area contributed by atoms with E-state index in [1.165, 1.54) is 30.0 Å². The van der Waals surface area contributed by atoms with Gasteiger partial charge in [-0.05, 0) is 48.6 Å². The van der Waals surface area contributed by atoms with Crippen LogP contribution in [-0.4, -0.2) is 27.3 Å². The summed E-state index contributed by atoms with van der Waals surface area (Å²) in [4.78, 5) is 19.2. The van der Waals surface area contributed by atoms with Crippen LogP contribution in [0.15, 0.2) is 41.3 Å². The second kappa shape index (κ2) is 7.73. The summed E-state index contributed by atoms with van der Waals surface area (Å²) in [7, 11) is 0. The Balaban J connectivity index is 1.97. The summed E-state index contributed by atoms with van der Waals surface area (Å²) in [5.74, 6) is -7.39. The van der Waals surface area contributed by atoms with E-state index < -0.39 is 40.4 Å². The van der Waals surface area contributed by atoms with Crippen molar-refractivity contribution in [3.8, 4) is 22.3 Å². The predicted octanol–water partition coefficient (Wildman–Crippen LogP) is 6.18. The lowest BCUT2D eigenvalue weighted by molar-refractivity contribution is 0.0699. The quantitative estimate of drug-likeness (QED) is 0.223. The van der Waals surface area contributed by atoms with Crippen molar-refractivity contribution in [3.05, 3.63) is 71.1 Å². The number of hydrogen-bond acceptors (Lipinski definition) is 3. The number of halogens is 4. The van der Waals surface area contributed by atoms with Gasteiger partial charge >= 0.3 is 5.97 Å². The zero-order valence-electron chi connectivity index (χ0n) is 16.2. The van der Waals surface area contributed by atoms with E-state index >= 15 is 0 Å². The van der Waals surface area contributed by atoms with Gasteiger partial charge in [0.2, 0.25) is 0 Å². The highest BCUT2D eigenvalue weighted by atomic mass is 32.2. The molecular formula is C22H14F4N2O2S. The van der Waals surface area contributed by atoms with Crippen molar-refractivity contribution >= 4 is 28.8 Å². The number of aromatic nitrogens is 2. The normalized spacial score (nSPS) is 11.3. The minimum absolute atomic E-state index is 0.0250. The van der Waals surface area contributed by atoms with Crippen LogP contribution in [0.3, 0.4) is 0 Å². The number of carboxylic acid groups (broad SMARTS) is 1. The third kappa shape index (κ3) is 3.44. The molecule has 0 unspecified atom stereocenters. The molecule has 1 heterocycles. The van der Waals surface area contributed by atoms with Crippen LogP contribution in [0, 0.1) is 30.2 Å². The maximum Gasteiger partial charge on any atom is 0.337 e. The Kier molecular flexibility index (Phi) is 5.22. The van der Waals surface area contributed by atoms with Crippen LogP contribution in [0.1, 0.15) is 16.2 Å². The molecule has 0 aliphatic carbocycles. The van der Waals surface area contributed by atoms with Gasteiger partial charge in [0.15, 0.2) is 23.3 Å². The Morgan fingerprint density at radius 1 is 0.935 bits per heavy atom. The highest BCUT2D eigenvalue weighted by Crippen LogP contribution is 2.38. The minimum atomic E-state index is -1.62. The van der Waals surface area contributed by atoms with Crippen molar-refractivity contribution in [2.24, 2.45) is 0 Å². The third-order valence-corrected chi connectivity index (χ3v) is 5.61. The first kappa shape index (κ1) is 20.9. The highest BCUT2D eigenvalue weighted by molar-refractivity contribution is 7.98. The van der Waals surface area contributed by atoms with Gasteiger partial charge in [-0.25, -0.2) is 27.3 Å². The second-order valence-corrected chi connectivity index (χ2v) is 7.66. The fraction of sp³-hybridized carbons (Fsp3) is 0.0909. The van der Waals surface area contributed by atoms with Crippen LogP contribution in [0.2, 0.25) is 0 Å². The van der Waals surface area contributed by atoms with Crippen LogP contribution in [-0.2, 0) is 0 Å². The predicted molar refractivity (Wildman–Crippen MR) is 110 cm³/mol. The second-order valence-electron chi connectivity index (χ2n) is 6.78. The number of aromatic carboxylic acids is 1. The molecule has 0 spiro atoms. The van der Waals surface area contributed by atoms with Gasteiger partial charge in [0.1, 0.15) is 11.3 Å². The van der Waals surface area contributed by atoms with E-state index in [0.29, 0.717) is 5.82 Å². The smallest absolute Gasteiger partial charge is 0.337 e. The molecule has 2 N–H and O–H groups in total. The van der Waals surface area contributed by atoms with E-state index in [-0.39, 0.29) is 27.7 Å². The summed E-state index contributed by atoms with van der Waals surface area (Å²) in [5, 5.41) is 9.46. The SMILES string of the molecule is CSc1ccc(-c2c(F)c(F)c(-c3cc(C(=O)O)c4nc(C)[nH]c4c3)c(F)c2F)cc1. The Hall–Kier alpha value is -3.33. The molecule has 0 saturated carbocycles. The number of aryl methyl sites for hydroxylation is 1. The Morgan fingerprint density at radius 3 is 2.00 bits per heavy atom. The topological polar surface area (TPSA) is 66.0 Å². The Labute approximate surface area is 177 Å². The van der Waals surface area contributed by atoms with Gasteiger partial charge in [0.05, 0.1) is 22.2 Å². The van der Waals surface area contributed by atoms with Crippen molar-refractivity contribution in [3.63, 3.8) is 0 Å². The van der Waals surface area contributed by atoms with E-state index in [1.54, 1.807) is 19.1 Å². The largest absolute Gasteiger partial charge is 0.478 e. The standard InChI is InChI=1S/C22H14F4N2O2S/c1-9-27-14-8-11(7-13(22(29)30)21(14)28-9)16-19(25)17(23)15(18(24)20(16)26)10-3-5-12(31-2)6-4-10/h3-8H,1-2H3,(H,27,28)(H,29,30). The molecule has 0 amide bonds. The molecule has 31 heavy (non-hydrogen) atoms. The molecule has 9 heteroatoms. The van der Waals surface area contributed by atoms with Gasteiger partial charge in [-0.1, -0.05) is 12.1 Å². The number of carbonyl (C=O) groups is 1. The molecule has 4 nitrogen and oxygen atoms in total. The summed E-state index contributed by atoms with van der Waals surface area (Å²) >= 11 is 1.40. The summed E-state index contributed by atoms with van der Waals surface area (Å²) < 4.78 is 59.8. The first-order valence-corrected chi connectivity index (χ1v) is 10.2. The molecule has 0 fully saturated rings. The molecule has 0 aliphatic heterocycles. The number of rotatable bonds is 4. The molecule has 0 radical (unpaired) electrons. The van der Waals surface area contributed by atoms with E-state index in [2.05, 4.69) is 9.97 Å². The highest BCUT2D eigenvalue weighted by Gasteiger charge is 2.28. The van der Waals surface area contributed by atoms with Gasteiger partial charge in [0.25, 0.3) is 0 Å². The molecule has 0 saturated heterocycles. The molecule has 0 atom stereocenters. The fourth-order valence-electron chi connectivity index (χ4n) is 3.44. The Morgan fingerprint density at radius 2 is 1.48 bits per heavy atom. The molecule has 4 rings (SSSR count). The molecule has 1 aromatic heterocycles. The average molecular weight is 446 g/mol. The molecule has 0 aliphatic rings. The Bertz CT molecular complexity index is 1320. The minimum Gasteiger partial charge on any atom is -0.478 e. The lowest BCUT2D eigenvalue weighted by Gasteiger charge is -2.13. The van der Waals surface area contributed by atoms with Gasteiger partial charge < -0.3 is 10.1 Å².